The van der Waals surface area contributed by atoms with Gasteiger partial charge in [0.05, 0.1) is 23.9 Å². The number of hydrogen-bond donors (Lipinski definition) is 1. The molecule has 0 aromatic rings. The van der Waals surface area contributed by atoms with Gasteiger partial charge in [-0.25, -0.2) is 0 Å². The van der Waals surface area contributed by atoms with Crippen LogP contribution in [-0.2, 0) is 23.9 Å². The molecule has 0 unspecified atom stereocenters. The summed E-state index contributed by atoms with van der Waals surface area (Å²) in [7, 11) is 0. The van der Waals surface area contributed by atoms with Crippen molar-refractivity contribution in [2.75, 3.05) is 6.61 Å². The molecule has 0 amide bonds. The summed E-state index contributed by atoms with van der Waals surface area (Å²) in [5, 5.41) is 10.6. The fourth-order valence-corrected chi connectivity index (χ4v) is 3.46. The highest BCUT2D eigenvalue weighted by Gasteiger charge is 2.45. The Balaban J connectivity index is 5.58. The largest absolute Gasteiger partial charge is 0.461 e. The molecule has 0 aliphatic heterocycles. The topological polar surface area (TPSA) is 89.9 Å². The third-order valence-corrected chi connectivity index (χ3v) is 5.33. The standard InChI is InChI=1S/C22H35Cl3O6/c1-9-10-13(2)17(19(29)30-12-22(23,24)25)14(3)18(28)21(7,8)15(26)11-16(27)31-20(4,5)6/h9,13-15,17,26H,1,10-12H2,2-8H3/t13-,14+,15-,17-/m0/s1. The molecule has 0 aliphatic carbocycles. The van der Waals surface area contributed by atoms with E-state index in [-0.39, 0.29) is 12.3 Å². The van der Waals surface area contributed by atoms with Crippen molar-refractivity contribution in [1.29, 1.82) is 0 Å². The molecule has 1 N–H and O–H groups in total. The number of ketones is 1. The summed E-state index contributed by atoms with van der Waals surface area (Å²) in [5.41, 5.74) is -2.03. The molecule has 9 heteroatoms. The van der Waals surface area contributed by atoms with Crippen molar-refractivity contribution >= 4 is 52.5 Å². The first kappa shape index (κ1) is 30.2. The lowest BCUT2D eigenvalue weighted by Gasteiger charge is -2.35. The first-order valence-corrected chi connectivity index (χ1v) is 11.2. The number of alkyl halides is 3. The average Bonchev–Trinajstić information content (AvgIpc) is 2.57. The summed E-state index contributed by atoms with van der Waals surface area (Å²) in [4.78, 5) is 38.2. The van der Waals surface area contributed by atoms with Gasteiger partial charge in [-0.2, -0.15) is 0 Å². The van der Waals surface area contributed by atoms with E-state index in [0.717, 1.165) is 0 Å². The quantitative estimate of drug-likeness (QED) is 0.242. The third kappa shape index (κ3) is 10.6. The molecule has 0 saturated heterocycles. The van der Waals surface area contributed by atoms with Gasteiger partial charge in [-0.1, -0.05) is 68.6 Å². The van der Waals surface area contributed by atoms with E-state index in [0.29, 0.717) is 6.42 Å². The van der Waals surface area contributed by atoms with Crippen molar-refractivity contribution in [3.05, 3.63) is 12.7 Å². The minimum Gasteiger partial charge on any atom is -0.461 e. The molecule has 0 heterocycles. The van der Waals surface area contributed by atoms with Gasteiger partial charge in [0.25, 0.3) is 0 Å². The third-order valence-electron chi connectivity index (χ3n) is 5.00. The van der Waals surface area contributed by atoms with Gasteiger partial charge in [0, 0.05) is 5.92 Å². The Morgan fingerprint density at radius 1 is 1.06 bits per heavy atom. The van der Waals surface area contributed by atoms with Gasteiger partial charge < -0.3 is 14.6 Å². The molecule has 0 saturated carbocycles. The normalized spacial score (nSPS) is 16.6. The Labute approximate surface area is 200 Å². The van der Waals surface area contributed by atoms with Crippen LogP contribution in [0.3, 0.4) is 0 Å². The van der Waals surface area contributed by atoms with Crippen molar-refractivity contribution < 1.29 is 29.0 Å². The lowest BCUT2D eigenvalue weighted by molar-refractivity contribution is -0.162. The molecule has 0 aromatic carbocycles. The number of halogens is 3. The summed E-state index contributed by atoms with van der Waals surface area (Å²) in [6.07, 6.45) is 0.434. The van der Waals surface area contributed by atoms with Crippen molar-refractivity contribution in [1.82, 2.24) is 0 Å². The van der Waals surface area contributed by atoms with E-state index in [1.165, 1.54) is 13.8 Å². The first-order valence-electron chi connectivity index (χ1n) is 10.1. The molecule has 0 aliphatic rings. The molecule has 0 spiro atoms. The summed E-state index contributed by atoms with van der Waals surface area (Å²) < 4.78 is 8.59. The lowest BCUT2D eigenvalue weighted by Crippen LogP contribution is -2.46. The molecular formula is C22H35Cl3O6. The van der Waals surface area contributed by atoms with E-state index in [9.17, 15) is 19.5 Å². The van der Waals surface area contributed by atoms with E-state index in [1.807, 2.05) is 0 Å². The van der Waals surface area contributed by atoms with Crippen molar-refractivity contribution in [2.24, 2.45) is 23.2 Å². The van der Waals surface area contributed by atoms with Crippen molar-refractivity contribution in [3.8, 4) is 0 Å². The van der Waals surface area contributed by atoms with Crippen LogP contribution in [-0.4, -0.2) is 44.9 Å². The number of rotatable bonds is 11. The maximum absolute atomic E-state index is 13.3. The summed E-state index contributed by atoms with van der Waals surface area (Å²) in [5.74, 6) is -3.67. The highest BCUT2D eigenvalue weighted by molar-refractivity contribution is 6.67. The second-order valence-electron chi connectivity index (χ2n) is 9.43. The van der Waals surface area contributed by atoms with Gasteiger partial charge >= 0.3 is 11.9 Å². The highest BCUT2D eigenvalue weighted by Crippen LogP contribution is 2.36. The Kier molecular flexibility index (Phi) is 11.6. The van der Waals surface area contributed by atoms with Gasteiger partial charge in [-0.05, 0) is 33.1 Å². The lowest BCUT2D eigenvalue weighted by atomic mass is 9.70. The molecule has 0 rings (SSSR count). The average molecular weight is 502 g/mol. The fraction of sp³-hybridized carbons (Fsp3) is 0.773. The smallest absolute Gasteiger partial charge is 0.310 e. The van der Waals surface area contributed by atoms with Gasteiger partial charge in [0.15, 0.2) is 0 Å². The second-order valence-corrected chi connectivity index (χ2v) is 11.9. The number of carbonyl (C=O) groups excluding carboxylic acids is 3. The monoisotopic (exact) mass is 500 g/mol. The maximum Gasteiger partial charge on any atom is 0.310 e. The Hall–Kier alpha value is -0.820. The molecule has 0 radical (unpaired) electrons. The number of aliphatic hydroxyl groups excluding tert-OH is 1. The zero-order valence-corrected chi connectivity index (χ0v) is 21.6. The molecule has 0 fully saturated rings. The minimum absolute atomic E-state index is 0.293. The SMILES string of the molecule is C=CC[C@H](C)[C@H](C(=O)OCC(Cl)(Cl)Cl)[C@@H](C)C(=O)C(C)(C)[C@@H](O)CC(=O)OC(C)(C)C. The van der Waals surface area contributed by atoms with Crippen LogP contribution < -0.4 is 0 Å². The zero-order chi connectivity index (χ0) is 24.8. The van der Waals surface area contributed by atoms with Crippen LogP contribution >= 0.6 is 34.8 Å². The van der Waals surface area contributed by atoms with Crippen LogP contribution in [0, 0.1) is 23.2 Å². The Morgan fingerprint density at radius 3 is 2.00 bits per heavy atom. The summed E-state index contributed by atoms with van der Waals surface area (Å²) >= 11 is 17.0. The maximum atomic E-state index is 13.3. The predicted octanol–water partition coefficient (Wildman–Crippen LogP) is 5.05. The van der Waals surface area contributed by atoms with E-state index >= 15 is 0 Å². The predicted molar refractivity (Wildman–Crippen MR) is 123 cm³/mol. The molecular weight excluding hydrogens is 467 g/mol. The van der Waals surface area contributed by atoms with Crippen molar-refractivity contribution in [2.45, 2.75) is 76.8 Å². The zero-order valence-electron chi connectivity index (χ0n) is 19.3. The molecule has 6 nitrogen and oxygen atoms in total. The molecule has 180 valence electrons. The van der Waals surface area contributed by atoms with Gasteiger partial charge in [0.1, 0.15) is 18.0 Å². The Morgan fingerprint density at radius 2 is 1.58 bits per heavy atom. The number of esters is 2. The van der Waals surface area contributed by atoms with Gasteiger partial charge in [0.2, 0.25) is 3.79 Å². The van der Waals surface area contributed by atoms with E-state index in [2.05, 4.69) is 6.58 Å². The minimum atomic E-state index is -1.78. The van der Waals surface area contributed by atoms with Crippen LogP contribution in [0.25, 0.3) is 0 Å². The summed E-state index contributed by atoms with van der Waals surface area (Å²) in [6.45, 7) is 14.8. The van der Waals surface area contributed by atoms with Crippen LogP contribution in [0.5, 0.6) is 0 Å². The van der Waals surface area contributed by atoms with E-state index in [4.69, 9.17) is 44.3 Å². The number of ether oxygens (including phenoxy) is 2. The molecule has 0 bridgehead atoms. The van der Waals surface area contributed by atoms with Crippen LogP contribution in [0.2, 0.25) is 0 Å². The van der Waals surface area contributed by atoms with Crippen LogP contribution in [0.15, 0.2) is 12.7 Å². The van der Waals surface area contributed by atoms with Crippen molar-refractivity contribution in [3.63, 3.8) is 0 Å². The number of carbonyl (C=O) groups is 3. The van der Waals surface area contributed by atoms with E-state index in [1.54, 1.807) is 40.7 Å². The van der Waals surface area contributed by atoms with Crippen LogP contribution in [0.1, 0.15) is 61.3 Å². The first-order chi connectivity index (χ1) is 13.8. The molecule has 31 heavy (non-hydrogen) atoms. The fourth-order valence-electron chi connectivity index (χ4n) is 3.30. The number of allylic oxidation sites excluding steroid dienone is 1. The molecule has 0 aromatic heterocycles. The number of aliphatic hydroxyl groups is 1. The molecule has 4 atom stereocenters. The van der Waals surface area contributed by atoms with Gasteiger partial charge in [-0.3, -0.25) is 14.4 Å². The second kappa shape index (κ2) is 11.9. The number of hydrogen-bond acceptors (Lipinski definition) is 6. The van der Waals surface area contributed by atoms with Crippen LogP contribution in [0.4, 0.5) is 0 Å². The van der Waals surface area contributed by atoms with Gasteiger partial charge in [-0.15, -0.1) is 6.58 Å². The highest BCUT2D eigenvalue weighted by atomic mass is 35.6. The Bertz CT molecular complexity index is 649. The van der Waals surface area contributed by atoms with E-state index < -0.39 is 57.1 Å². The summed E-state index contributed by atoms with van der Waals surface area (Å²) in [6, 6.07) is 0. The number of Topliss-reactive ketones (excluding diaryl/α,β-unsaturated/α-hetero) is 1.